The molecule has 0 unspecified atom stereocenters. The largest absolute Gasteiger partial charge is 0.489 e. The van der Waals surface area contributed by atoms with Gasteiger partial charge in [0, 0.05) is 13.6 Å². The molecule has 1 aromatic heterocycles. The third-order valence-electron chi connectivity index (χ3n) is 2.30. The van der Waals surface area contributed by atoms with Crippen molar-refractivity contribution in [2.24, 2.45) is 5.73 Å². The highest BCUT2D eigenvalue weighted by Crippen LogP contribution is 2.18. The van der Waals surface area contributed by atoms with Crippen LogP contribution in [0.5, 0.6) is 5.75 Å². The van der Waals surface area contributed by atoms with Crippen LogP contribution < -0.4 is 15.8 Å². The number of nitrogens with zero attached hydrogens (tertiary/aromatic N) is 2. The van der Waals surface area contributed by atoms with Gasteiger partial charge in [-0.05, 0) is 13.8 Å². The minimum atomic E-state index is -0.737. The Labute approximate surface area is 107 Å². The zero-order valence-corrected chi connectivity index (χ0v) is 11.1. The van der Waals surface area contributed by atoms with Crippen LogP contribution in [0.3, 0.4) is 0 Å². The van der Waals surface area contributed by atoms with Gasteiger partial charge >= 0.3 is 0 Å². The van der Waals surface area contributed by atoms with Crippen LogP contribution in [0.1, 0.15) is 13.8 Å². The van der Waals surface area contributed by atoms with Crippen LogP contribution in [-0.2, 0) is 10.3 Å². The number of hydrogen-bond donors (Lipinski definition) is 2. The number of likely N-dealkylation sites (N-methyl/N-ethyl adjacent to an activating group) is 1. The Kier molecular flexibility index (Phi) is 5.98. The monoisotopic (exact) mass is 262 g/mol. The van der Waals surface area contributed by atoms with Crippen LogP contribution in [0.4, 0.5) is 0 Å². The summed E-state index contributed by atoms with van der Waals surface area (Å²) in [5, 5.41) is 6.70. The fourth-order valence-electron chi connectivity index (χ4n) is 1.27. The number of aromatic nitrogens is 2. The summed E-state index contributed by atoms with van der Waals surface area (Å²) in [6, 6.07) is 0. The topological polar surface area (TPSA) is 82.2 Å². The van der Waals surface area contributed by atoms with E-state index in [1.54, 1.807) is 38.0 Å². The van der Waals surface area contributed by atoms with Crippen LogP contribution in [0.15, 0.2) is 12.4 Å². The predicted molar refractivity (Wildman–Crippen MR) is 67.4 cm³/mol. The molecule has 0 fully saturated rings. The van der Waals surface area contributed by atoms with Gasteiger partial charge in [-0.25, -0.2) is 0 Å². The fourth-order valence-corrected chi connectivity index (χ4v) is 1.27. The lowest BCUT2D eigenvalue weighted by Gasteiger charge is -2.22. The first-order valence-corrected chi connectivity index (χ1v) is 5.12. The molecule has 0 bridgehead atoms. The molecule has 1 aromatic rings. The van der Waals surface area contributed by atoms with Gasteiger partial charge in [-0.1, -0.05) is 0 Å². The Bertz CT molecular complexity index is 365. The Hall–Kier alpha value is -1.27. The summed E-state index contributed by atoms with van der Waals surface area (Å²) in [6.07, 6.45) is 3.26. The number of halogens is 1. The lowest BCUT2D eigenvalue weighted by atomic mass is 10.1. The molecule has 0 aromatic carbocycles. The normalized spacial score (nSPS) is 10.6. The van der Waals surface area contributed by atoms with E-state index in [0.717, 1.165) is 0 Å². The fraction of sp³-hybridized carbons (Fsp3) is 0.600. The molecule has 1 heterocycles. The Morgan fingerprint density at radius 1 is 1.65 bits per heavy atom. The molecule has 0 radical (unpaired) electrons. The van der Waals surface area contributed by atoms with Crippen LogP contribution >= 0.6 is 12.4 Å². The van der Waals surface area contributed by atoms with E-state index in [1.807, 2.05) is 0 Å². The van der Waals surface area contributed by atoms with Gasteiger partial charge in [0.15, 0.2) is 5.75 Å². The number of ether oxygens (including phenoxy) is 1. The average Bonchev–Trinajstić information content (AvgIpc) is 2.74. The van der Waals surface area contributed by atoms with Crippen molar-refractivity contribution in [1.29, 1.82) is 0 Å². The summed E-state index contributed by atoms with van der Waals surface area (Å²) in [5.74, 6) is 0.503. The van der Waals surface area contributed by atoms with Gasteiger partial charge in [-0.2, -0.15) is 5.10 Å². The third-order valence-corrected chi connectivity index (χ3v) is 2.30. The number of hydrogen-bond acceptors (Lipinski definition) is 4. The van der Waals surface area contributed by atoms with Crippen molar-refractivity contribution >= 4 is 18.3 Å². The van der Waals surface area contributed by atoms with Crippen LogP contribution in [0, 0.1) is 0 Å². The van der Waals surface area contributed by atoms with E-state index >= 15 is 0 Å². The zero-order valence-electron chi connectivity index (χ0n) is 10.3. The molecule has 0 aliphatic heterocycles. The zero-order chi connectivity index (χ0) is 12.2. The maximum Gasteiger partial charge on any atom is 0.247 e. The van der Waals surface area contributed by atoms with Gasteiger partial charge in [0.25, 0.3) is 0 Å². The minimum absolute atomic E-state index is 0. The first kappa shape index (κ1) is 15.7. The second kappa shape index (κ2) is 6.46. The van der Waals surface area contributed by atoms with Gasteiger partial charge in [-0.3, -0.25) is 9.48 Å². The number of carbonyl (C=O) groups is 1. The highest BCUT2D eigenvalue weighted by molar-refractivity contribution is 5.85. The molecular weight excluding hydrogens is 244 g/mol. The molecule has 1 amide bonds. The summed E-state index contributed by atoms with van der Waals surface area (Å²) < 4.78 is 6.87. The summed E-state index contributed by atoms with van der Waals surface area (Å²) in [7, 11) is 1.60. The van der Waals surface area contributed by atoms with Gasteiger partial charge in [-0.15, -0.1) is 12.4 Å². The van der Waals surface area contributed by atoms with Crippen molar-refractivity contribution < 1.29 is 9.53 Å². The Morgan fingerprint density at radius 3 is 2.82 bits per heavy atom. The molecule has 1 rings (SSSR count). The minimum Gasteiger partial charge on any atom is -0.489 e. The van der Waals surface area contributed by atoms with Crippen LogP contribution in [-0.4, -0.2) is 35.9 Å². The Morgan fingerprint density at radius 2 is 2.29 bits per heavy atom. The molecule has 3 N–H and O–H groups in total. The van der Waals surface area contributed by atoms with Crippen molar-refractivity contribution in [1.82, 2.24) is 15.1 Å². The van der Waals surface area contributed by atoms with E-state index in [2.05, 4.69) is 10.4 Å². The van der Waals surface area contributed by atoms with Gasteiger partial charge in [0.05, 0.1) is 12.4 Å². The lowest BCUT2D eigenvalue weighted by molar-refractivity contribution is -0.128. The van der Waals surface area contributed by atoms with Crippen molar-refractivity contribution in [3.8, 4) is 5.75 Å². The van der Waals surface area contributed by atoms with E-state index in [9.17, 15) is 4.79 Å². The molecule has 0 aliphatic rings. The summed E-state index contributed by atoms with van der Waals surface area (Å²) >= 11 is 0. The number of amides is 1. The van der Waals surface area contributed by atoms with E-state index in [4.69, 9.17) is 10.5 Å². The van der Waals surface area contributed by atoms with Crippen molar-refractivity contribution in [3.05, 3.63) is 12.4 Å². The van der Waals surface area contributed by atoms with Crippen molar-refractivity contribution in [3.63, 3.8) is 0 Å². The first-order valence-electron chi connectivity index (χ1n) is 5.12. The molecule has 0 saturated carbocycles. The van der Waals surface area contributed by atoms with E-state index in [0.29, 0.717) is 18.9 Å². The van der Waals surface area contributed by atoms with Crippen LogP contribution in [0.25, 0.3) is 0 Å². The molecule has 0 spiro atoms. The second-order valence-corrected chi connectivity index (χ2v) is 3.90. The standard InChI is InChI=1S/C10H18N4O2.ClH/c1-10(2,9(15)12-3)14-7-8(6-13-14)16-5-4-11;/h6-7H,4-5,11H2,1-3H3,(H,12,15);1H. The molecule has 0 aliphatic carbocycles. The van der Waals surface area contributed by atoms with E-state index < -0.39 is 5.54 Å². The lowest BCUT2D eigenvalue weighted by Crippen LogP contribution is -2.43. The molecular formula is C10H19ClN4O2. The van der Waals surface area contributed by atoms with E-state index in [1.165, 1.54) is 0 Å². The van der Waals surface area contributed by atoms with Crippen molar-refractivity contribution in [2.45, 2.75) is 19.4 Å². The molecule has 6 nitrogen and oxygen atoms in total. The molecule has 98 valence electrons. The Balaban J connectivity index is 0.00000256. The summed E-state index contributed by atoms with van der Waals surface area (Å²) in [5.41, 5.74) is 4.59. The predicted octanol–water partition coefficient (Wildman–Crippen LogP) is 0.123. The first-order chi connectivity index (χ1) is 7.52. The number of nitrogens with two attached hydrogens (primary N) is 1. The van der Waals surface area contributed by atoms with Crippen molar-refractivity contribution in [2.75, 3.05) is 20.2 Å². The number of carbonyl (C=O) groups excluding carboxylic acids is 1. The van der Waals surface area contributed by atoms with Gasteiger partial charge in [0.2, 0.25) is 5.91 Å². The van der Waals surface area contributed by atoms with Crippen LogP contribution in [0.2, 0.25) is 0 Å². The summed E-state index contributed by atoms with van der Waals surface area (Å²) in [6.45, 7) is 4.45. The maximum absolute atomic E-state index is 11.6. The SMILES string of the molecule is CNC(=O)C(C)(C)n1cc(OCCN)cn1.Cl. The van der Waals surface area contributed by atoms with Gasteiger partial charge in [0.1, 0.15) is 12.1 Å². The quantitative estimate of drug-likeness (QED) is 0.790. The maximum atomic E-state index is 11.6. The third kappa shape index (κ3) is 3.61. The number of rotatable bonds is 5. The molecule has 0 saturated heterocycles. The molecule has 7 heteroatoms. The average molecular weight is 263 g/mol. The molecule has 0 atom stereocenters. The number of nitrogens with one attached hydrogen (secondary N) is 1. The van der Waals surface area contributed by atoms with E-state index in [-0.39, 0.29) is 18.3 Å². The molecule has 17 heavy (non-hydrogen) atoms. The van der Waals surface area contributed by atoms with Gasteiger partial charge < -0.3 is 15.8 Å². The second-order valence-electron chi connectivity index (χ2n) is 3.90. The summed E-state index contributed by atoms with van der Waals surface area (Å²) in [4.78, 5) is 11.6. The smallest absolute Gasteiger partial charge is 0.247 e. The highest BCUT2D eigenvalue weighted by atomic mass is 35.5. The highest BCUT2D eigenvalue weighted by Gasteiger charge is 2.29.